The number of anilines is 1. The quantitative estimate of drug-likeness (QED) is 0.528. The lowest BCUT2D eigenvalue weighted by molar-refractivity contribution is -0.118. The van der Waals surface area contributed by atoms with Gasteiger partial charge in [0.2, 0.25) is 5.91 Å². The average Bonchev–Trinajstić information content (AvgIpc) is 3.12. The SMILES string of the molecule is Cc1cc(Sc2nccn2C)ccc1NC(=O)[C@@H](NC(=O)c1ccc(Cl)cc1)C(C)C. The van der Waals surface area contributed by atoms with Gasteiger partial charge in [0, 0.05) is 40.6 Å². The molecule has 1 atom stereocenters. The molecule has 1 aromatic heterocycles. The third kappa shape index (κ3) is 5.89. The van der Waals surface area contributed by atoms with Crippen LogP contribution in [0, 0.1) is 12.8 Å². The number of imidazole rings is 1. The highest BCUT2D eigenvalue weighted by Crippen LogP contribution is 2.29. The van der Waals surface area contributed by atoms with Crippen molar-refractivity contribution in [1.82, 2.24) is 14.9 Å². The molecule has 2 amide bonds. The van der Waals surface area contributed by atoms with Gasteiger partial charge in [-0.2, -0.15) is 0 Å². The maximum atomic E-state index is 12.9. The number of amides is 2. The molecule has 0 saturated carbocycles. The predicted molar refractivity (Wildman–Crippen MR) is 125 cm³/mol. The lowest BCUT2D eigenvalue weighted by atomic mass is 10.0. The summed E-state index contributed by atoms with van der Waals surface area (Å²) in [4.78, 5) is 30.9. The number of hydrogen-bond donors (Lipinski definition) is 2. The molecule has 3 rings (SSSR count). The van der Waals surface area contributed by atoms with E-state index in [0.717, 1.165) is 15.6 Å². The molecule has 3 aromatic rings. The maximum absolute atomic E-state index is 12.9. The molecule has 0 aliphatic rings. The Balaban J connectivity index is 1.69. The number of halogens is 1. The van der Waals surface area contributed by atoms with Crippen LogP contribution in [0.25, 0.3) is 0 Å². The fraction of sp³-hybridized carbons (Fsp3) is 0.261. The molecule has 31 heavy (non-hydrogen) atoms. The number of aryl methyl sites for hydroxylation is 2. The molecule has 0 fully saturated rings. The van der Waals surface area contributed by atoms with Gasteiger partial charge in [0.15, 0.2) is 5.16 Å². The fourth-order valence-corrected chi connectivity index (χ4v) is 3.99. The first-order valence-corrected chi connectivity index (χ1v) is 11.1. The Labute approximate surface area is 191 Å². The highest BCUT2D eigenvalue weighted by Gasteiger charge is 2.25. The zero-order valence-corrected chi connectivity index (χ0v) is 19.4. The van der Waals surface area contributed by atoms with Crippen molar-refractivity contribution in [3.8, 4) is 0 Å². The molecule has 0 radical (unpaired) electrons. The minimum atomic E-state index is -0.677. The Morgan fingerprint density at radius 1 is 1.13 bits per heavy atom. The fourth-order valence-electron chi connectivity index (χ4n) is 2.97. The first kappa shape index (κ1) is 22.9. The molecular formula is C23H25ClN4O2S. The van der Waals surface area contributed by atoms with Crippen LogP contribution in [0.3, 0.4) is 0 Å². The molecule has 1 heterocycles. The number of nitrogens with one attached hydrogen (secondary N) is 2. The van der Waals surface area contributed by atoms with Gasteiger partial charge in [-0.15, -0.1) is 0 Å². The largest absolute Gasteiger partial charge is 0.340 e. The number of aromatic nitrogens is 2. The molecule has 162 valence electrons. The summed E-state index contributed by atoms with van der Waals surface area (Å²) in [7, 11) is 1.95. The lowest BCUT2D eigenvalue weighted by Crippen LogP contribution is -2.47. The molecule has 0 aliphatic heterocycles. The molecular weight excluding hydrogens is 432 g/mol. The van der Waals surface area contributed by atoms with E-state index in [0.29, 0.717) is 16.3 Å². The van der Waals surface area contributed by atoms with Crippen molar-refractivity contribution in [3.05, 3.63) is 71.0 Å². The van der Waals surface area contributed by atoms with Gasteiger partial charge in [-0.25, -0.2) is 4.98 Å². The normalized spacial score (nSPS) is 11.9. The van der Waals surface area contributed by atoms with Crippen molar-refractivity contribution in [3.63, 3.8) is 0 Å². The van der Waals surface area contributed by atoms with Crippen molar-refractivity contribution in [1.29, 1.82) is 0 Å². The third-order valence-electron chi connectivity index (χ3n) is 4.78. The van der Waals surface area contributed by atoms with Crippen LogP contribution in [-0.2, 0) is 11.8 Å². The Kier molecular flexibility index (Phi) is 7.41. The summed E-state index contributed by atoms with van der Waals surface area (Å²) < 4.78 is 1.95. The van der Waals surface area contributed by atoms with Crippen LogP contribution in [0.4, 0.5) is 5.69 Å². The monoisotopic (exact) mass is 456 g/mol. The number of rotatable bonds is 7. The summed E-state index contributed by atoms with van der Waals surface area (Å²) in [6, 6.07) is 11.7. The molecule has 2 aromatic carbocycles. The first-order chi connectivity index (χ1) is 14.7. The summed E-state index contributed by atoms with van der Waals surface area (Å²) >= 11 is 7.44. The van der Waals surface area contributed by atoms with E-state index in [-0.39, 0.29) is 17.7 Å². The van der Waals surface area contributed by atoms with Gasteiger partial charge in [-0.3, -0.25) is 9.59 Å². The second-order valence-corrected chi connectivity index (χ2v) is 9.07. The van der Waals surface area contributed by atoms with Crippen molar-refractivity contribution < 1.29 is 9.59 Å². The van der Waals surface area contributed by atoms with Gasteiger partial charge >= 0.3 is 0 Å². The molecule has 0 bridgehead atoms. The molecule has 0 unspecified atom stereocenters. The Morgan fingerprint density at radius 3 is 2.42 bits per heavy atom. The van der Waals surface area contributed by atoms with E-state index in [1.165, 1.54) is 0 Å². The van der Waals surface area contributed by atoms with Gasteiger partial charge in [-0.1, -0.05) is 37.2 Å². The standard InChI is InChI=1S/C23H25ClN4O2S/c1-14(2)20(27-21(29)16-5-7-17(24)8-6-16)22(30)26-19-10-9-18(13-15(19)3)31-23-25-11-12-28(23)4/h5-14,20H,1-4H3,(H,26,30)(H,27,29)/t20-/m0/s1. The summed E-state index contributed by atoms with van der Waals surface area (Å²) in [6.45, 7) is 5.73. The van der Waals surface area contributed by atoms with Gasteiger partial charge in [0.1, 0.15) is 6.04 Å². The molecule has 0 aliphatic carbocycles. The second kappa shape index (κ2) is 10.0. The van der Waals surface area contributed by atoms with E-state index in [4.69, 9.17) is 11.6 Å². The van der Waals surface area contributed by atoms with Crippen LogP contribution >= 0.6 is 23.4 Å². The van der Waals surface area contributed by atoms with E-state index >= 15 is 0 Å². The van der Waals surface area contributed by atoms with E-state index in [9.17, 15) is 9.59 Å². The van der Waals surface area contributed by atoms with Gasteiger partial charge in [0.05, 0.1) is 0 Å². The highest BCUT2D eigenvalue weighted by atomic mass is 35.5. The van der Waals surface area contributed by atoms with Crippen molar-refractivity contribution in [2.75, 3.05) is 5.32 Å². The van der Waals surface area contributed by atoms with Crippen LogP contribution < -0.4 is 10.6 Å². The number of nitrogens with zero attached hydrogens (tertiary/aromatic N) is 2. The Hall–Kier alpha value is -2.77. The number of benzene rings is 2. The first-order valence-electron chi connectivity index (χ1n) is 9.87. The van der Waals surface area contributed by atoms with Crippen LogP contribution in [0.1, 0.15) is 29.8 Å². The Morgan fingerprint density at radius 2 is 1.84 bits per heavy atom. The minimum Gasteiger partial charge on any atom is -0.340 e. The molecule has 8 heteroatoms. The predicted octanol–water partition coefficient (Wildman–Crippen LogP) is 4.93. The lowest BCUT2D eigenvalue weighted by Gasteiger charge is -2.22. The molecule has 6 nitrogen and oxygen atoms in total. The molecule has 0 saturated heterocycles. The van der Waals surface area contributed by atoms with Crippen LogP contribution in [0.5, 0.6) is 0 Å². The van der Waals surface area contributed by atoms with Gasteiger partial charge in [0.25, 0.3) is 5.91 Å². The third-order valence-corrected chi connectivity index (χ3v) is 6.10. The summed E-state index contributed by atoms with van der Waals surface area (Å²) in [5, 5.41) is 7.22. The van der Waals surface area contributed by atoms with Crippen LogP contribution in [0.15, 0.2) is 64.9 Å². The Bertz CT molecular complexity index is 1080. The van der Waals surface area contributed by atoms with Crippen LogP contribution in [-0.4, -0.2) is 27.4 Å². The van der Waals surface area contributed by atoms with E-state index in [1.807, 2.05) is 56.8 Å². The van der Waals surface area contributed by atoms with Crippen molar-refractivity contribution >= 4 is 40.9 Å². The number of carbonyl (C=O) groups excluding carboxylic acids is 2. The average molecular weight is 457 g/mol. The minimum absolute atomic E-state index is 0.0881. The van der Waals surface area contributed by atoms with Crippen molar-refractivity contribution in [2.45, 2.75) is 36.9 Å². The molecule has 2 N–H and O–H groups in total. The van der Waals surface area contributed by atoms with E-state index < -0.39 is 6.04 Å². The van der Waals surface area contributed by atoms with Crippen molar-refractivity contribution in [2.24, 2.45) is 13.0 Å². The van der Waals surface area contributed by atoms with Crippen LogP contribution in [0.2, 0.25) is 5.02 Å². The highest BCUT2D eigenvalue weighted by molar-refractivity contribution is 7.99. The van der Waals surface area contributed by atoms with Gasteiger partial charge in [-0.05, 0) is 60.9 Å². The number of hydrogen-bond acceptors (Lipinski definition) is 4. The van der Waals surface area contributed by atoms with E-state index in [2.05, 4.69) is 15.6 Å². The zero-order chi connectivity index (χ0) is 22.5. The van der Waals surface area contributed by atoms with Gasteiger partial charge < -0.3 is 15.2 Å². The summed E-state index contributed by atoms with van der Waals surface area (Å²) in [5.74, 6) is -0.663. The zero-order valence-electron chi connectivity index (χ0n) is 17.8. The smallest absolute Gasteiger partial charge is 0.251 e. The second-order valence-electron chi connectivity index (χ2n) is 7.59. The topological polar surface area (TPSA) is 76.0 Å². The molecule has 0 spiro atoms. The maximum Gasteiger partial charge on any atom is 0.251 e. The summed E-state index contributed by atoms with van der Waals surface area (Å²) in [6.07, 6.45) is 3.66. The number of carbonyl (C=O) groups is 2. The van der Waals surface area contributed by atoms with E-state index in [1.54, 1.807) is 42.2 Å². The summed E-state index contributed by atoms with van der Waals surface area (Å²) in [5.41, 5.74) is 2.09.